The van der Waals surface area contributed by atoms with Gasteiger partial charge in [-0.25, -0.2) is 0 Å². The van der Waals surface area contributed by atoms with Crippen molar-refractivity contribution in [3.63, 3.8) is 0 Å². The first kappa shape index (κ1) is 43.2. The molecular weight excluding hydrogens is 506 g/mol. The Hall–Kier alpha value is 2.08. The molecule has 12 N–H and O–H groups in total. The molecule has 8 atom stereocenters. The molecule has 0 radical (unpaired) electrons. The Bertz CT molecular complexity index is 505. The summed E-state index contributed by atoms with van der Waals surface area (Å²) in [5, 5.41) is 70.3. The SMILES string of the molecule is N[C@@H](C=O)[C@@H](O)[C@H](O)[C@H](O)CO.N[C@@H](C=O)[C@@H](O)[C@H](O)[C@H](O)CO.O=S(=O)([O-])[O-].[K+].[K+]. The predicted octanol–water partition coefficient (Wildman–Crippen LogP) is -14.2. The third kappa shape index (κ3) is 25.0. The number of nitrogens with two attached hydrogens (primary N) is 2. The molecule has 0 aromatic heterocycles. The van der Waals surface area contributed by atoms with E-state index in [1.54, 1.807) is 0 Å². The van der Waals surface area contributed by atoms with Crippen LogP contribution < -0.4 is 114 Å². The molecule has 0 aliphatic carbocycles. The van der Waals surface area contributed by atoms with Gasteiger partial charge < -0.3 is 71.0 Å². The van der Waals surface area contributed by atoms with Crippen LogP contribution in [0.1, 0.15) is 0 Å². The predicted molar refractivity (Wildman–Crippen MR) is 88.8 cm³/mol. The number of carbonyl (C=O) groups excluding carboxylic acids is 2. The minimum Gasteiger partial charge on any atom is -0.759 e. The molecule has 0 unspecified atom stereocenters. The Morgan fingerprint density at radius 2 is 0.871 bits per heavy atom. The van der Waals surface area contributed by atoms with Gasteiger partial charge in [-0.15, -0.1) is 0 Å². The first-order chi connectivity index (χ1) is 13.1. The quantitative estimate of drug-likeness (QED) is 0.0540. The fraction of sp³-hybridized carbons (Fsp3) is 0.833. The third-order valence-corrected chi connectivity index (χ3v) is 2.97. The maximum Gasteiger partial charge on any atom is 1.00 e. The van der Waals surface area contributed by atoms with Gasteiger partial charge >= 0.3 is 103 Å². The molecule has 0 aliphatic rings. The first-order valence-electron chi connectivity index (χ1n) is 7.47. The van der Waals surface area contributed by atoms with Crippen molar-refractivity contribution >= 4 is 23.0 Å². The summed E-state index contributed by atoms with van der Waals surface area (Å²) < 4.78 is 34.1. The van der Waals surface area contributed by atoms with Crippen molar-refractivity contribution < 1.29 is 171 Å². The van der Waals surface area contributed by atoms with Crippen LogP contribution in [0.25, 0.3) is 0 Å². The average Bonchev–Trinajstić information content (AvgIpc) is 2.67. The van der Waals surface area contributed by atoms with Crippen LogP contribution in [0.3, 0.4) is 0 Å². The van der Waals surface area contributed by atoms with Gasteiger partial charge in [-0.2, -0.15) is 0 Å². The molecule has 0 aliphatic heterocycles. The maximum atomic E-state index is 10.0. The van der Waals surface area contributed by atoms with Gasteiger partial charge in [0.05, 0.1) is 25.3 Å². The van der Waals surface area contributed by atoms with Gasteiger partial charge in [-0.3, -0.25) is 8.42 Å². The fourth-order valence-corrected chi connectivity index (χ4v) is 1.29. The van der Waals surface area contributed by atoms with E-state index in [9.17, 15) is 9.59 Å². The van der Waals surface area contributed by atoms with Crippen molar-refractivity contribution in [3.8, 4) is 0 Å². The average molecular weight is 533 g/mol. The summed E-state index contributed by atoms with van der Waals surface area (Å²) in [6.45, 7) is -1.41. The maximum absolute atomic E-state index is 10.0. The van der Waals surface area contributed by atoms with Gasteiger partial charge in [-0.05, 0) is 0 Å². The van der Waals surface area contributed by atoms with Crippen LogP contribution in [-0.2, 0) is 20.0 Å². The number of carbonyl (C=O) groups is 2. The Morgan fingerprint density at radius 3 is 1.00 bits per heavy atom. The van der Waals surface area contributed by atoms with E-state index in [0.717, 1.165) is 0 Å². The van der Waals surface area contributed by atoms with Crippen LogP contribution in [0.4, 0.5) is 0 Å². The van der Waals surface area contributed by atoms with Crippen LogP contribution in [0.2, 0.25) is 0 Å². The molecule has 0 aromatic rings. The van der Waals surface area contributed by atoms with Crippen LogP contribution in [0, 0.1) is 0 Å². The monoisotopic (exact) mass is 532 g/mol. The van der Waals surface area contributed by atoms with E-state index >= 15 is 0 Å². The second-order valence-electron chi connectivity index (χ2n) is 5.30. The van der Waals surface area contributed by atoms with Crippen LogP contribution in [-0.4, -0.2) is 133 Å². The second-order valence-corrected chi connectivity index (χ2v) is 6.11. The van der Waals surface area contributed by atoms with Crippen molar-refractivity contribution in [2.24, 2.45) is 11.5 Å². The first-order valence-corrected chi connectivity index (χ1v) is 8.80. The molecule has 0 saturated heterocycles. The molecule has 0 spiro atoms. The van der Waals surface area contributed by atoms with Crippen molar-refractivity contribution in [1.29, 1.82) is 0 Å². The molecule has 0 heterocycles. The molecule has 0 rings (SSSR count). The Balaban J connectivity index is -0.000000114. The second kappa shape index (κ2) is 23.8. The van der Waals surface area contributed by atoms with Gasteiger partial charge in [0.2, 0.25) is 0 Å². The van der Waals surface area contributed by atoms with Gasteiger partial charge in [0.25, 0.3) is 0 Å². The van der Waals surface area contributed by atoms with Crippen LogP contribution in [0.15, 0.2) is 0 Å². The van der Waals surface area contributed by atoms with Gasteiger partial charge in [-0.1, -0.05) is 0 Å². The normalized spacial score (nSPS) is 18.2. The summed E-state index contributed by atoms with van der Waals surface area (Å²) in [6, 6.07) is -2.53. The van der Waals surface area contributed by atoms with Gasteiger partial charge in [0, 0.05) is 10.4 Å². The van der Waals surface area contributed by atoms with Crippen molar-refractivity contribution in [3.05, 3.63) is 0 Å². The summed E-state index contributed by atoms with van der Waals surface area (Å²) in [6.07, 6.45) is -8.85. The molecule has 0 bridgehead atoms. The number of hydrogen-bond acceptors (Lipinski definition) is 16. The van der Waals surface area contributed by atoms with Gasteiger partial charge in [0.15, 0.2) is 0 Å². The Morgan fingerprint density at radius 1 is 0.677 bits per heavy atom. The zero-order valence-corrected chi connectivity index (χ0v) is 23.8. The van der Waals surface area contributed by atoms with E-state index in [1.165, 1.54) is 0 Å². The summed E-state index contributed by atoms with van der Waals surface area (Å²) in [4.78, 5) is 20.0. The van der Waals surface area contributed by atoms with Crippen LogP contribution in [0.5, 0.6) is 0 Å². The number of rotatable bonds is 10. The molecular formula is C12H26K2N2O14S. The molecule has 0 saturated carbocycles. The summed E-state index contributed by atoms with van der Waals surface area (Å²) in [5.74, 6) is 0. The van der Waals surface area contributed by atoms with E-state index < -0.39 is 72.3 Å². The zero-order valence-electron chi connectivity index (χ0n) is 16.8. The van der Waals surface area contributed by atoms with Crippen molar-refractivity contribution in [2.75, 3.05) is 13.2 Å². The third-order valence-electron chi connectivity index (χ3n) is 2.97. The minimum atomic E-state index is -5.17. The summed E-state index contributed by atoms with van der Waals surface area (Å²) in [5.41, 5.74) is 10.1. The number of hydrogen-bond donors (Lipinski definition) is 10. The van der Waals surface area contributed by atoms with E-state index in [1.807, 2.05) is 0 Å². The zero-order chi connectivity index (χ0) is 23.9. The largest absolute Gasteiger partial charge is 1.00 e. The number of aliphatic hydroxyl groups excluding tert-OH is 8. The van der Waals surface area contributed by atoms with E-state index in [-0.39, 0.29) is 115 Å². The van der Waals surface area contributed by atoms with E-state index in [0.29, 0.717) is 0 Å². The molecule has 0 aromatic carbocycles. The number of aliphatic hydroxyl groups is 8. The molecule has 31 heavy (non-hydrogen) atoms. The summed E-state index contributed by atoms with van der Waals surface area (Å²) >= 11 is 0. The minimum absolute atomic E-state index is 0. The topological polar surface area (TPSA) is 328 Å². The smallest absolute Gasteiger partial charge is 0.759 e. The standard InChI is InChI=1S/2C6H13NO5.2K.H2O4S/c2*7-3(1-8)5(11)6(12)4(10)2-9;;;1-5(2,3)4/h2*1,3-6,9-12H,2,7H2;;;(H2,1,2,3,4)/q;;2*+1;/p-2/t2*3-,4+,5+,6+;;;/m00.../s1. The molecule has 19 heteroatoms. The van der Waals surface area contributed by atoms with Gasteiger partial charge in [0.1, 0.15) is 49.2 Å². The van der Waals surface area contributed by atoms with Crippen molar-refractivity contribution in [1.82, 2.24) is 0 Å². The number of aldehydes is 2. The fourth-order valence-electron chi connectivity index (χ4n) is 1.29. The summed E-state index contributed by atoms with van der Waals surface area (Å²) in [7, 11) is -5.17. The molecule has 176 valence electrons. The Kier molecular flexibility index (Phi) is 33.2. The Labute approximate surface area is 263 Å². The van der Waals surface area contributed by atoms with Crippen molar-refractivity contribution in [2.45, 2.75) is 48.7 Å². The molecule has 0 fully saturated rings. The van der Waals surface area contributed by atoms with E-state index in [2.05, 4.69) is 0 Å². The molecule has 0 amide bonds. The van der Waals surface area contributed by atoms with Crippen LogP contribution >= 0.6 is 0 Å². The van der Waals surface area contributed by atoms with E-state index in [4.69, 9.17) is 69.8 Å². The molecule has 16 nitrogen and oxygen atoms in total.